The molecule has 1 aromatic heterocycles. The van der Waals surface area contributed by atoms with Crippen LogP contribution in [0.4, 0.5) is 0 Å². The van der Waals surface area contributed by atoms with Crippen molar-refractivity contribution in [3.05, 3.63) is 47.6 Å². The molecule has 0 fully saturated rings. The zero-order chi connectivity index (χ0) is 16.7. The molecule has 7 heteroatoms. The minimum absolute atomic E-state index is 0.154. The summed E-state index contributed by atoms with van der Waals surface area (Å²) in [5.74, 6) is -0.0904. The summed E-state index contributed by atoms with van der Waals surface area (Å²) < 4.78 is 4.98. The number of aliphatic carboxylic acids is 1. The Morgan fingerprint density at radius 1 is 1.30 bits per heavy atom. The van der Waals surface area contributed by atoms with Crippen molar-refractivity contribution >= 4 is 11.9 Å². The van der Waals surface area contributed by atoms with E-state index in [2.05, 4.69) is 15.5 Å². The summed E-state index contributed by atoms with van der Waals surface area (Å²) in [6.07, 6.45) is 1.19. The second-order valence-electron chi connectivity index (χ2n) is 5.22. The minimum Gasteiger partial charge on any atom is -0.481 e. The number of rotatable bonds is 8. The van der Waals surface area contributed by atoms with Gasteiger partial charge in [0.2, 0.25) is 11.8 Å². The molecule has 0 aliphatic carbocycles. The van der Waals surface area contributed by atoms with Crippen molar-refractivity contribution in [3.63, 3.8) is 0 Å². The Kier molecular flexibility index (Phi) is 5.85. The first-order valence-corrected chi connectivity index (χ1v) is 7.40. The van der Waals surface area contributed by atoms with Gasteiger partial charge in [-0.05, 0) is 18.9 Å². The van der Waals surface area contributed by atoms with Crippen LogP contribution in [0.15, 0.2) is 34.9 Å². The van der Waals surface area contributed by atoms with Gasteiger partial charge in [0.15, 0.2) is 5.82 Å². The van der Waals surface area contributed by atoms with Crippen LogP contribution in [0.5, 0.6) is 0 Å². The molecular weight excluding hydrogens is 298 g/mol. The van der Waals surface area contributed by atoms with E-state index in [1.807, 2.05) is 18.2 Å². The Morgan fingerprint density at radius 3 is 2.65 bits per heavy atom. The lowest BCUT2D eigenvalue weighted by atomic mass is 10.0. The van der Waals surface area contributed by atoms with Crippen LogP contribution in [-0.2, 0) is 16.0 Å². The van der Waals surface area contributed by atoms with E-state index in [0.29, 0.717) is 24.6 Å². The molecule has 1 amide bonds. The quantitative estimate of drug-likeness (QED) is 0.772. The molecule has 0 saturated heterocycles. The largest absolute Gasteiger partial charge is 0.481 e. The van der Waals surface area contributed by atoms with E-state index in [1.54, 1.807) is 19.1 Å². The second-order valence-corrected chi connectivity index (χ2v) is 5.22. The number of carboxylic acid groups (broad SMARTS) is 1. The Labute approximate surface area is 133 Å². The van der Waals surface area contributed by atoms with Crippen molar-refractivity contribution in [2.24, 2.45) is 0 Å². The van der Waals surface area contributed by atoms with Gasteiger partial charge in [-0.1, -0.05) is 35.5 Å². The molecule has 7 nitrogen and oxygen atoms in total. The van der Waals surface area contributed by atoms with Crippen LogP contribution in [0.25, 0.3) is 0 Å². The van der Waals surface area contributed by atoms with Gasteiger partial charge < -0.3 is 14.9 Å². The highest BCUT2D eigenvalue weighted by Gasteiger charge is 2.17. The van der Waals surface area contributed by atoms with E-state index in [0.717, 1.165) is 5.56 Å². The molecule has 0 bridgehead atoms. The Morgan fingerprint density at radius 2 is 2.04 bits per heavy atom. The average Bonchev–Trinajstić information content (AvgIpc) is 2.92. The van der Waals surface area contributed by atoms with E-state index in [4.69, 9.17) is 9.63 Å². The van der Waals surface area contributed by atoms with Crippen LogP contribution < -0.4 is 5.32 Å². The first kappa shape index (κ1) is 16.7. The van der Waals surface area contributed by atoms with Gasteiger partial charge in [-0.3, -0.25) is 9.59 Å². The van der Waals surface area contributed by atoms with Crippen LogP contribution in [0, 0.1) is 6.92 Å². The topological polar surface area (TPSA) is 105 Å². The molecule has 1 atom stereocenters. The smallest absolute Gasteiger partial charge is 0.305 e. The van der Waals surface area contributed by atoms with Crippen molar-refractivity contribution in [1.29, 1.82) is 0 Å². The Hall–Kier alpha value is -2.70. The van der Waals surface area contributed by atoms with Crippen molar-refractivity contribution < 1.29 is 19.2 Å². The molecular formula is C16H19N3O4. The first-order chi connectivity index (χ1) is 11.0. The van der Waals surface area contributed by atoms with Crippen molar-refractivity contribution in [1.82, 2.24) is 15.5 Å². The van der Waals surface area contributed by atoms with E-state index < -0.39 is 12.0 Å². The van der Waals surface area contributed by atoms with Crippen LogP contribution in [0.1, 0.15) is 42.6 Å². The summed E-state index contributed by atoms with van der Waals surface area (Å²) in [5, 5.41) is 15.5. The molecule has 2 rings (SSSR count). The number of carbonyl (C=O) groups excluding carboxylic acids is 1. The molecule has 23 heavy (non-hydrogen) atoms. The van der Waals surface area contributed by atoms with Gasteiger partial charge in [0.25, 0.3) is 0 Å². The molecule has 0 aliphatic rings. The fourth-order valence-corrected chi connectivity index (χ4v) is 2.22. The van der Waals surface area contributed by atoms with Gasteiger partial charge in [0.05, 0.1) is 12.5 Å². The molecule has 1 unspecified atom stereocenters. The van der Waals surface area contributed by atoms with Gasteiger partial charge in [-0.2, -0.15) is 4.98 Å². The summed E-state index contributed by atoms with van der Waals surface area (Å²) in [5.41, 5.74) is 0.774. The highest BCUT2D eigenvalue weighted by atomic mass is 16.5. The van der Waals surface area contributed by atoms with Crippen LogP contribution >= 0.6 is 0 Å². The third kappa shape index (κ3) is 5.54. The molecule has 0 spiro atoms. The predicted molar refractivity (Wildman–Crippen MR) is 81.6 cm³/mol. The van der Waals surface area contributed by atoms with Gasteiger partial charge in [-0.25, -0.2) is 0 Å². The fraction of sp³-hybridized carbons (Fsp3) is 0.375. The van der Waals surface area contributed by atoms with Gasteiger partial charge in [0.1, 0.15) is 0 Å². The standard InChI is InChI=1S/C16H19N3O4/c1-11-17-15(23-19-11)9-5-8-14(20)18-13(10-16(21)22)12-6-3-2-4-7-12/h2-4,6-7,13H,5,8-10H2,1H3,(H,18,20)(H,21,22). The maximum Gasteiger partial charge on any atom is 0.305 e. The summed E-state index contributed by atoms with van der Waals surface area (Å²) in [6.45, 7) is 1.73. The third-order valence-electron chi connectivity index (χ3n) is 3.28. The van der Waals surface area contributed by atoms with Crippen LogP contribution in [0.3, 0.4) is 0 Å². The number of aryl methyl sites for hydroxylation is 2. The van der Waals surface area contributed by atoms with Gasteiger partial charge in [0, 0.05) is 12.8 Å². The molecule has 0 saturated carbocycles. The van der Waals surface area contributed by atoms with Crippen molar-refractivity contribution in [2.45, 2.75) is 38.6 Å². The summed E-state index contributed by atoms with van der Waals surface area (Å²) in [4.78, 5) is 27.1. The molecule has 2 N–H and O–H groups in total. The number of carboxylic acids is 1. The third-order valence-corrected chi connectivity index (χ3v) is 3.28. The number of amides is 1. The molecule has 1 aromatic carbocycles. The highest BCUT2D eigenvalue weighted by molar-refractivity contribution is 5.77. The van der Waals surface area contributed by atoms with Crippen LogP contribution in [-0.4, -0.2) is 27.1 Å². The lowest BCUT2D eigenvalue weighted by molar-refractivity contribution is -0.137. The van der Waals surface area contributed by atoms with Crippen molar-refractivity contribution in [3.8, 4) is 0 Å². The van der Waals surface area contributed by atoms with Crippen LogP contribution in [0.2, 0.25) is 0 Å². The number of nitrogens with one attached hydrogen (secondary N) is 1. The Balaban J connectivity index is 1.86. The molecule has 0 radical (unpaired) electrons. The van der Waals surface area contributed by atoms with E-state index >= 15 is 0 Å². The van der Waals surface area contributed by atoms with Gasteiger partial charge in [-0.15, -0.1) is 0 Å². The van der Waals surface area contributed by atoms with E-state index in [1.165, 1.54) is 0 Å². The number of hydrogen-bond donors (Lipinski definition) is 2. The highest BCUT2D eigenvalue weighted by Crippen LogP contribution is 2.17. The normalized spacial score (nSPS) is 11.9. The number of benzene rings is 1. The number of aromatic nitrogens is 2. The fourth-order valence-electron chi connectivity index (χ4n) is 2.22. The summed E-state index contributed by atoms with van der Waals surface area (Å²) >= 11 is 0. The van der Waals surface area contributed by atoms with Gasteiger partial charge >= 0.3 is 5.97 Å². The molecule has 2 aromatic rings. The summed E-state index contributed by atoms with van der Waals surface area (Å²) in [6, 6.07) is 8.54. The van der Waals surface area contributed by atoms with Crippen molar-refractivity contribution in [2.75, 3.05) is 0 Å². The predicted octanol–water partition coefficient (Wildman–Crippen LogP) is 2.03. The maximum atomic E-state index is 12.0. The molecule has 122 valence electrons. The lowest BCUT2D eigenvalue weighted by Crippen LogP contribution is -2.30. The summed E-state index contributed by atoms with van der Waals surface area (Å²) in [7, 11) is 0. The lowest BCUT2D eigenvalue weighted by Gasteiger charge is -2.17. The zero-order valence-corrected chi connectivity index (χ0v) is 12.9. The minimum atomic E-state index is -0.958. The number of nitrogens with zero attached hydrogens (tertiary/aromatic N) is 2. The van der Waals surface area contributed by atoms with E-state index in [-0.39, 0.29) is 18.7 Å². The first-order valence-electron chi connectivity index (χ1n) is 7.40. The Bertz CT molecular complexity index is 654. The average molecular weight is 317 g/mol. The molecule has 1 heterocycles. The monoisotopic (exact) mass is 317 g/mol. The van der Waals surface area contributed by atoms with E-state index in [9.17, 15) is 9.59 Å². The zero-order valence-electron chi connectivity index (χ0n) is 12.9. The SMILES string of the molecule is Cc1noc(CCCC(=O)NC(CC(=O)O)c2ccccc2)n1. The maximum absolute atomic E-state index is 12.0. The number of carbonyl (C=O) groups is 2. The number of hydrogen-bond acceptors (Lipinski definition) is 5. The molecule has 0 aliphatic heterocycles. The second kappa shape index (κ2) is 8.07.